The Hall–Kier alpha value is -2.08. The van der Waals surface area contributed by atoms with Gasteiger partial charge in [0.15, 0.2) is 0 Å². The molecular weight excluding hydrogens is 316 g/mol. The van der Waals surface area contributed by atoms with Crippen LogP contribution in [0.2, 0.25) is 0 Å². The fourth-order valence-corrected chi connectivity index (χ4v) is 3.66. The van der Waals surface area contributed by atoms with Gasteiger partial charge >= 0.3 is 0 Å². The molecule has 0 bridgehead atoms. The number of furan rings is 1. The molecule has 0 saturated carbocycles. The number of nitrogens with one attached hydrogen (secondary N) is 1. The van der Waals surface area contributed by atoms with Gasteiger partial charge in [0.05, 0.1) is 18.0 Å². The highest BCUT2D eigenvalue weighted by atomic mass is 16.3. The smallest absolute Gasteiger partial charge is 0.220 e. The van der Waals surface area contributed by atoms with E-state index in [9.17, 15) is 4.79 Å². The molecule has 1 fully saturated rings. The van der Waals surface area contributed by atoms with Gasteiger partial charge in [-0.15, -0.1) is 0 Å². The van der Waals surface area contributed by atoms with Gasteiger partial charge in [-0.3, -0.25) is 14.4 Å². The molecule has 6 nitrogen and oxygen atoms in total. The van der Waals surface area contributed by atoms with Crippen LogP contribution in [0.15, 0.2) is 22.8 Å². The molecule has 0 spiro atoms. The van der Waals surface area contributed by atoms with Crippen LogP contribution >= 0.6 is 0 Å². The van der Waals surface area contributed by atoms with Crippen molar-refractivity contribution in [2.75, 3.05) is 19.6 Å². The molecule has 3 rings (SSSR count). The SMILES string of the molecule is Cc1nn(C)c(C)c1CCC(=O)NC[C@@H](c1ccco1)N1CCCC1. The lowest BCUT2D eigenvalue weighted by atomic mass is 10.1. The maximum atomic E-state index is 12.3. The molecule has 0 aromatic carbocycles. The average Bonchev–Trinajstić information content (AvgIpc) is 3.32. The quantitative estimate of drug-likeness (QED) is 0.838. The lowest BCUT2D eigenvalue weighted by Crippen LogP contribution is -2.36. The highest BCUT2D eigenvalue weighted by Gasteiger charge is 2.25. The Morgan fingerprint density at radius 2 is 2.12 bits per heavy atom. The van der Waals surface area contributed by atoms with E-state index in [0.717, 1.165) is 36.7 Å². The Labute approximate surface area is 149 Å². The van der Waals surface area contributed by atoms with Gasteiger partial charge in [-0.2, -0.15) is 5.10 Å². The molecule has 2 aromatic rings. The largest absolute Gasteiger partial charge is 0.468 e. The average molecular weight is 344 g/mol. The van der Waals surface area contributed by atoms with Gasteiger partial charge in [0.2, 0.25) is 5.91 Å². The highest BCUT2D eigenvalue weighted by Crippen LogP contribution is 2.25. The molecule has 1 amide bonds. The van der Waals surface area contributed by atoms with E-state index >= 15 is 0 Å². The van der Waals surface area contributed by atoms with Crippen molar-refractivity contribution in [3.8, 4) is 0 Å². The van der Waals surface area contributed by atoms with Crippen LogP contribution in [0, 0.1) is 13.8 Å². The van der Waals surface area contributed by atoms with Gasteiger partial charge in [0.25, 0.3) is 0 Å². The van der Waals surface area contributed by atoms with Gasteiger partial charge < -0.3 is 9.73 Å². The number of nitrogens with zero attached hydrogens (tertiary/aromatic N) is 3. The molecule has 136 valence electrons. The van der Waals surface area contributed by atoms with Crippen LogP contribution in [0.5, 0.6) is 0 Å². The number of rotatable bonds is 7. The number of hydrogen-bond donors (Lipinski definition) is 1. The number of aromatic nitrogens is 2. The number of carbonyl (C=O) groups is 1. The third-order valence-corrected chi connectivity index (χ3v) is 5.21. The van der Waals surface area contributed by atoms with Gasteiger partial charge in [-0.25, -0.2) is 0 Å². The molecule has 25 heavy (non-hydrogen) atoms. The van der Waals surface area contributed by atoms with E-state index in [2.05, 4.69) is 15.3 Å². The zero-order valence-corrected chi connectivity index (χ0v) is 15.4. The van der Waals surface area contributed by atoms with Gasteiger partial charge in [0.1, 0.15) is 5.76 Å². The van der Waals surface area contributed by atoms with E-state index in [1.807, 2.05) is 37.7 Å². The highest BCUT2D eigenvalue weighted by molar-refractivity contribution is 5.76. The number of amides is 1. The van der Waals surface area contributed by atoms with Crippen molar-refractivity contribution in [2.45, 2.75) is 45.6 Å². The maximum absolute atomic E-state index is 12.3. The first-order valence-corrected chi connectivity index (χ1v) is 9.09. The summed E-state index contributed by atoms with van der Waals surface area (Å²) in [6.45, 7) is 6.77. The molecule has 2 aromatic heterocycles. The lowest BCUT2D eigenvalue weighted by molar-refractivity contribution is -0.121. The van der Waals surface area contributed by atoms with Crippen LogP contribution in [0.4, 0.5) is 0 Å². The minimum Gasteiger partial charge on any atom is -0.468 e. The van der Waals surface area contributed by atoms with E-state index in [1.165, 1.54) is 18.4 Å². The summed E-state index contributed by atoms with van der Waals surface area (Å²) in [4.78, 5) is 14.7. The molecule has 3 heterocycles. The van der Waals surface area contributed by atoms with Crippen molar-refractivity contribution in [3.63, 3.8) is 0 Å². The van der Waals surface area contributed by atoms with E-state index in [1.54, 1.807) is 6.26 Å². The standard InChI is InChI=1S/C19H28N4O2/c1-14-16(15(2)22(3)21-14)8-9-19(24)20-13-17(18-7-6-12-25-18)23-10-4-5-11-23/h6-7,12,17H,4-5,8-11,13H2,1-3H3,(H,20,24)/t17-/m0/s1. The number of likely N-dealkylation sites (tertiary alicyclic amines) is 1. The summed E-state index contributed by atoms with van der Waals surface area (Å²) in [6, 6.07) is 4.04. The fraction of sp³-hybridized carbons (Fsp3) is 0.579. The molecule has 0 radical (unpaired) electrons. The van der Waals surface area contributed by atoms with E-state index < -0.39 is 0 Å². The Morgan fingerprint density at radius 1 is 1.36 bits per heavy atom. The van der Waals surface area contributed by atoms with E-state index in [0.29, 0.717) is 13.0 Å². The summed E-state index contributed by atoms with van der Waals surface area (Å²) < 4.78 is 7.48. The number of carbonyl (C=O) groups excluding carboxylic acids is 1. The number of hydrogen-bond acceptors (Lipinski definition) is 4. The summed E-state index contributed by atoms with van der Waals surface area (Å²) >= 11 is 0. The minimum atomic E-state index is 0.0819. The Bertz CT molecular complexity index is 699. The molecule has 1 aliphatic heterocycles. The molecule has 1 atom stereocenters. The van der Waals surface area contributed by atoms with Crippen molar-refractivity contribution in [3.05, 3.63) is 41.1 Å². The van der Waals surface area contributed by atoms with Crippen LogP contribution in [0.3, 0.4) is 0 Å². The zero-order valence-electron chi connectivity index (χ0n) is 15.4. The summed E-state index contributed by atoms with van der Waals surface area (Å²) in [5.74, 6) is 1.01. The van der Waals surface area contributed by atoms with Gasteiger partial charge in [0, 0.05) is 25.7 Å². The number of aryl methyl sites for hydroxylation is 2. The van der Waals surface area contributed by atoms with Gasteiger partial charge in [-0.05, 0) is 63.9 Å². The first-order valence-electron chi connectivity index (χ1n) is 9.09. The van der Waals surface area contributed by atoms with Crippen LogP contribution in [0.25, 0.3) is 0 Å². The van der Waals surface area contributed by atoms with Crippen molar-refractivity contribution in [1.29, 1.82) is 0 Å². The second kappa shape index (κ2) is 7.87. The molecule has 1 aliphatic rings. The fourth-order valence-electron chi connectivity index (χ4n) is 3.66. The molecular formula is C19H28N4O2. The predicted octanol–water partition coefficient (Wildman–Crippen LogP) is 2.52. The van der Waals surface area contributed by atoms with Crippen LogP contribution in [-0.2, 0) is 18.3 Å². The second-order valence-corrected chi connectivity index (χ2v) is 6.85. The summed E-state index contributed by atoms with van der Waals surface area (Å²) in [7, 11) is 1.94. The molecule has 1 N–H and O–H groups in total. The summed E-state index contributed by atoms with van der Waals surface area (Å²) in [6.07, 6.45) is 5.34. The predicted molar refractivity (Wildman–Crippen MR) is 96.3 cm³/mol. The monoisotopic (exact) mass is 344 g/mol. The van der Waals surface area contributed by atoms with Gasteiger partial charge in [-0.1, -0.05) is 0 Å². The first-order chi connectivity index (χ1) is 12.1. The Balaban J connectivity index is 1.54. The Kier molecular flexibility index (Phi) is 5.58. The van der Waals surface area contributed by atoms with Crippen LogP contribution in [-0.4, -0.2) is 40.2 Å². The molecule has 1 saturated heterocycles. The Morgan fingerprint density at radius 3 is 2.72 bits per heavy atom. The second-order valence-electron chi connectivity index (χ2n) is 6.85. The lowest BCUT2D eigenvalue weighted by Gasteiger charge is -2.26. The van der Waals surface area contributed by atoms with Crippen molar-refractivity contribution in [2.24, 2.45) is 7.05 Å². The van der Waals surface area contributed by atoms with E-state index in [-0.39, 0.29) is 11.9 Å². The van der Waals surface area contributed by atoms with E-state index in [4.69, 9.17) is 4.42 Å². The summed E-state index contributed by atoms with van der Waals surface area (Å²) in [5.41, 5.74) is 3.33. The molecule has 0 aliphatic carbocycles. The summed E-state index contributed by atoms with van der Waals surface area (Å²) in [5, 5.41) is 7.51. The van der Waals surface area contributed by atoms with Crippen molar-refractivity contribution < 1.29 is 9.21 Å². The molecule has 0 unspecified atom stereocenters. The molecule has 6 heteroatoms. The normalized spacial score (nSPS) is 16.3. The van der Waals surface area contributed by atoms with Crippen molar-refractivity contribution >= 4 is 5.91 Å². The maximum Gasteiger partial charge on any atom is 0.220 e. The third kappa shape index (κ3) is 4.12. The topological polar surface area (TPSA) is 63.3 Å². The minimum absolute atomic E-state index is 0.0819. The van der Waals surface area contributed by atoms with Crippen molar-refractivity contribution in [1.82, 2.24) is 20.0 Å². The zero-order chi connectivity index (χ0) is 17.8. The first kappa shape index (κ1) is 17.7. The van der Waals surface area contributed by atoms with Crippen LogP contribution < -0.4 is 5.32 Å². The van der Waals surface area contributed by atoms with Crippen LogP contribution in [0.1, 0.15) is 48.0 Å². The third-order valence-electron chi connectivity index (χ3n) is 5.21.